The SMILES string of the molecule is O=C(NCC(O)c1cccc(OC(F)F)c1)c1ccc[n+]([O-])c1. The molecule has 0 saturated carbocycles. The average molecular weight is 324 g/mol. The molecule has 6 nitrogen and oxygen atoms in total. The monoisotopic (exact) mass is 324 g/mol. The molecule has 0 fully saturated rings. The largest absolute Gasteiger partial charge is 0.619 e. The van der Waals surface area contributed by atoms with Gasteiger partial charge in [-0.15, -0.1) is 0 Å². The van der Waals surface area contributed by atoms with E-state index in [0.29, 0.717) is 10.3 Å². The van der Waals surface area contributed by atoms with Crippen molar-refractivity contribution in [2.24, 2.45) is 0 Å². The zero-order valence-electron chi connectivity index (χ0n) is 11.9. The third-order valence-electron chi connectivity index (χ3n) is 2.96. The number of aliphatic hydroxyl groups excluding tert-OH is 1. The minimum Gasteiger partial charge on any atom is -0.619 e. The fourth-order valence-electron chi connectivity index (χ4n) is 1.90. The molecule has 0 radical (unpaired) electrons. The number of alkyl halides is 2. The Labute approximate surface area is 130 Å². The van der Waals surface area contributed by atoms with Crippen molar-refractivity contribution in [1.82, 2.24) is 5.32 Å². The second-order valence-electron chi connectivity index (χ2n) is 4.63. The number of hydrogen-bond acceptors (Lipinski definition) is 4. The maximum atomic E-state index is 12.2. The van der Waals surface area contributed by atoms with Crippen LogP contribution in [0.5, 0.6) is 5.75 Å². The molecule has 122 valence electrons. The van der Waals surface area contributed by atoms with Crippen molar-refractivity contribution in [3.63, 3.8) is 0 Å². The van der Waals surface area contributed by atoms with Crippen LogP contribution in [0, 0.1) is 5.21 Å². The Kier molecular flexibility index (Phi) is 5.42. The fourth-order valence-corrected chi connectivity index (χ4v) is 1.90. The van der Waals surface area contributed by atoms with Gasteiger partial charge in [-0.1, -0.05) is 12.1 Å². The van der Waals surface area contributed by atoms with Crippen LogP contribution >= 0.6 is 0 Å². The summed E-state index contributed by atoms with van der Waals surface area (Å²) in [6.07, 6.45) is 1.22. The van der Waals surface area contributed by atoms with Crippen molar-refractivity contribution >= 4 is 5.91 Å². The number of pyridine rings is 1. The smallest absolute Gasteiger partial charge is 0.387 e. The number of aromatic nitrogens is 1. The number of carbonyl (C=O) groups excluding carboxylic acids is 1. The summed E-state index contributed by atoms with van der Waals surface area (Å²) in [6.45, 7) is -3.11. The Morgan fingerprint density at radius 2 is 2.13 bits per heavy atom. The van der Waals surface area contributed by atoms with Gasteiger partial charge >= 0.3 is 6.61 Å². The topological polar surface area (TPSA) is 85.5 Å². The first kappa shape index (κ1) is 16.6. The van der Waals surface area contributed by atoms with Gasteiger partial charge in [-0.05, 0) is 23.8 Å². The number of rotatable bonds is 6. The molecular weight excluding hydrogens is 310 g/mol. The standard InChI is InChI=1S/C15H14F2N2O4/c16-15(17)23-12-5-1-3-10(7-12)13(20)8-18-14(21)11-4-2-6-19(22)9-11/h1-7,9,13,15,20H,8H2,(H,18,21). The number of nitrogens with zero attached hydrogens (tertiary/aromatic N) is 1. The van der Waals surface area contributed by atoms with E-state index in [2.05, 4.69) is 10.1 Å². The van der Waals surface area contributed by atoms with E-state index in [1.165, 1.54) is 42.6 Å². The Morgan fingerprint density at radius 1 is 1.35 bits per heavy atom. The number of hydrogen-bond donors (Lipinski definition) is 2. The summed E-state index contributed by atoms with van der Waals surface area (Å²) in [5, 5.41) is 23.6. The Morgan fingerprint density at radius 3 is 2.83 bits per heavy atom. The first-order chi connectivity index (χ1) is 11.0. The number of amides is 1. The predicted octanol–water partition coefficient (Wildman–Crippen LogP) is 1.38. The first-order valence-corrected chi connectivity index (χ1v) is 6.65. The minimum absolute atomic E-state index is 0.0849. The van der Waals surface area contributed by atoms with Gasteiger partial charge in [0.1, 0.15) is 11.3 Å². The molecule has 1 heterocycles. The zero-order valence-corrected chi connectivity index (χ0v) is 11.9. The molecule has 1 aromatic carbocycles. The Balaban J connectivity index is 1.96. The van der Waals surface area contributed by atoms with Gasteiger partial charge in [-0.25, -0.2) is 0 Å². The van der Waals surface area contributed by atoms with E-state index in [1.54, 1.807) is 0 Å². The van der Waals surface area contributed by atoms with E-state index in [9.17, 15) is 23.9 Å². The Hall–Kier alpha value is -2.74. The molecule has 0 aliphatic rings. The van der Waals surface area contributed by atoms with Crippen molar-refractivity contribution < 1.29 is 28.1 Å². The summed E-state index contributed by atoms with van der Waals surface area (Å²) in [5.74, 6) is -0.618. The molecule has 1 atom stereocenters. The normalized spacial score (nSPS) is 12.0. The quantitative estimate of drug-likeness (QED) is 0.621. The molecule has 1 unspecified atom stereocenters. The average Bonchev–Trinajstić information content (AvgIpc) is 2.52. The zero-order chi connectivity index (χ0) is 16.8. The summed E-state index contributed by atoms with van der Waals surface area (Å²) in [6, 6.07) is 8.44. The van der Waals surface area contributed by atoms with Crippen molar-refractivity contribution in [2.45, 2.75) is 12.7 Å². The van der Waals surface area contributed by atoms with Crippen LogP contribution in [0.25, 0.3) is 0 Å². The summed E-state index contributed by atoms with van der Waals surface area (Å²) in [4.78, 5) is 11.8. The van der Waals surface area contributed by atoms with Crippen LogP contribution in [0.2, 0.25) is 0 Å². The highest BCUT2D eigenvalue weighted by molar-refractivity contribution is 5.93. The second kappa shape index (κ2) is 7.50. The number of nitrogens with one attached hydrogen (secondary N) is 1. The van der Waals surface area contributed by atoms with Crippen LogP contribution in [0.15, 0.2) is 48.8 Å². The van der Waals surface area contributed by atoms with Crippen LogP contribution in [0.4, 0.5) is 8.78 Å². The van der Waals surface area contributed by atoms with Crippen molar-refractivity contribution in [3.8, 4) is 5.75 Å². The lowest BCUT2D eigenvalue weighted by molar-refractivity contribution is -0.605. The van der Waals surface area contributed by atoms with Crippen molar-refractivity contribution in [2.75, 3.05) is 6.54 Å². The molecule has 8 heteroatoms. The van der Waals surface area contributed by atoms with Crippen molar-refractivity contribution in [1.29, 1.82) is 0 Å². The highest BCUT2D eigenvalue weighted by Gasteiger charge is 2.14. The van der Waals surface area contributed by atoms with Crippen LogP contribution < -0.4 is 14.8 Å². The molecule has 23 heavy (non-hydrogen) atoms. The predicted molar refractivity (Wildman–Crippen MR) is 75.8 cm³/mol. The van der Waals surface area contributed by atoms with Gasteiger partial charge in [0.2, 0.25) is 0 Å². The van der Waals surface area contributed by atoms with Crippen LogP contribution in [0.3, 0.4) is 0 Å². The lowest BCUT2D eigenvalue weighted by atomic mass is 10.1. The van der Waals surface area contributed by atoms with Gasteiger partial charge < -0.3 is 20.4 Å². The fraction of sp³-hybridized carbons (Fsp3) is 0.200. The minimum atomic E-state index is -2.96. The molecule has 0 aliphatic carbocycles. The number of aliphatic hydroxyl groups is 1. The number of ether oxygens (including phenoxy) is 1. The van der Waals surface area contributed by atoms with Gasteiger partial charge in [0.05, 0.1) is 6.10 Å². The van der Waals surface area contributed by atoms with E-state index in [-0.39, 0.29) is 17.9 Å². The number of carbonyl (C=O) groups is 1. The van der Waals surface area contributed by atoms with Gasteiger partial charge in [0.25, 0.3) is 5.91 Å². The summed E-state index contributed by atoms with van der Waals surface area (Å²) < 4.78 is 29.0. The molecule has 1 amide bonds. The molecule has 1 aromatic heterocycles. The van der Waals surface area contributed by atoms with Crippen LogP contribution in [-0.4, -0.2) is 24.2 Å². The van der Waals surface area contributed by atoms with Gasteiger partial charge in [0.15, 0.2) is 12.4 Å². The third-order valence-corrected chi connectivity index (χ3v) is 2.96. The molecule has 2 rings (SSSR count). The summed E-state index contributed by atoms with van der Waals surface area (Å²) in [5.41, 5.74) is 0.458. The molecule has 2 aromatic rings. The van der Waals surface area contributed by atoms with E-state index < -0.39 is 18.6 Å². The summed E-state index contributed by atoms with van der Waals surface area (Å²) >= 11 is 0. The first-order valence-electron chi connectivity index (χ1n) is 6.65. The lowest BCUT2D eigenvalue weighted by Gasteiger charge is -2.13. The molecule has 2 N–H and O–H groups in total. The Bertz CT molecular complexity index is 682. The highest BCUT2D eigenvalue weighted by Crippen LogP contribution is 2.20. The van der Waals surface area contributed by atoms with Gasteiger partial charge in [-0.3, -0.25) is 4.79 Å². The molecular formula is C15H14F2N2O4. The maximum absolute atomic E-state index is 12.2. The molecule has 0 saturated heterocycles. The second-order valence-corrected chi connectivity index (χ2v) is 4.63. The van der Waals surface area contributed by atoms with E-state index in [0.717, 1.165) is 6.20 Å². The van der Waals surface area contributed by atoms with Gasteiger partial charge in [0, 0.05) is 12.6 Å². The lowest BCUT2D eigenvalue weighted by Crippen LogP contribution is -2.32. The molecule has 0 spiro atoms. The third kappa shape index (κ3) is 4.89. The molecule has 0 aliphatic heterocycles. The van der Waals surface area contributed by atoms with Crippen molar-refractivity contribution in [3.05, 3.63) is 65.1 Å². The van der Waals surface area contributed by atoms with E-state index in [4.69, 9.17) is 0 Å². The highest BCUT2D eigenvalue weighted by atomic mass is 19.3. The van der Waals surface area contributed by atoms with Gasteiger partial charge in [-0.2, -0.15) is 13.5 Å². The van der Waals surface area contributed by atoms with E-state index in [1.807, 2.05) is 0 Å². The summed E-state index contributed by atoms with van der Waals surface area (Å²) in [7, 11) is 0. The number of halogens is 2. The maximum Gasteiger partial charge on any atom is 0.387 e. The number of benzene rings is 1. The molecule has 0 bridgehead atoms. The van der Waals surface area contributed by atoms with Crippen LogP contribution in [-0.2, 0) is 0 Å². The van der Waals surface area contributed by atoms with E-state index >= 15 is 0 Å². The van der Waals surface area contributed by atoms with Crippen LogP contribution in [0.1, 0.15) is 22.0 Å².